The normalized spacial score (nSPS) is 17.6. The zero-order valence-electron chi connectivity index (χ0n) is 9.79. The van der Waals surface area contributed by atoms with Crippen LogP contribution in [0.3, 0.4) is 0 Å². The fraction of sp³-hybridized carbons (Fsp3) is 0.200. The molecular weight excluding hydrogens is 232 g/mol. The third-order valence-electron chi connectivity index (χ3n) is 3.39. The lowest BCUT2D eigenvalue weighted by atomic mass is 10.1. The monoisotopic (exact) mass is 245 g/mol. The summed E-state index contributed by atoms with van der Waals surface area (Å²) in [7, 11) is 0. The van der Waals surface area contributed by atoms with Gasteiger partial charge in [-0.2, -0.15) is 0 Å². The number of rotatable bonds is 2. The number of hydrogen-bond donors (Lipinski definition) is 1. The lowest BCUT2D eigenvalue weighted by Gasteiger charge is -2.15. The van der Waals surface area contributed by atoms with Gasteiger partial charge in [-0.05, 0) is 36.1 Å². The Morgan fingerprint density at radius 2 is 1.83 bits per heavy atom. The van der Waals surface area contributed by atoms with Crippen molar-refractivity contribution in [1.82, 2.24) is 0 Å². The van der Waals surface area contributed by atoms with Gasteiger partial charge in [0, 0.05) is 11.8 Å². The number of hydrogen-bond acceptors (Lipinski definition) is 1. The van der Waals surface area contributed by atoms with Crippen molar-refractivity contribution in [1.29, 1.82) is 0 Å². The van der Waals surface area contributed by atoms with Crippen LogP contribution in [-0.2, 0) is 6.42 Å². The van der Waals surface area contributed by atoms with E-state index in [0.717, 1.165) is 18.9 Å². The van der Waals surface area contributed by atoms with Crippen LogP contribution in [0.25, 0.3) is 0 Å². The lowest BCUT2D eigenvalue weighted by molar-refractivity contribution is 0.509. The van der Waals surface area contributed by atoms with Gasteiger partial charge < -0.3 is 5.32 Å². The van der Waals surface area contributed by atoms with Gasteiger partial charge >= 0.3 is 0 Å². The Bertz CT molecular complexity index is 580. The molecule has 0 saturated carbocycles. The Labute approximate surface area is 104 Å². The molecule has 3 heteroatoms. The Kier molecular flexibility index (Phi) is 2.74. The number of fused-ring (bicyclic) bond motifs is 1. The van der Waals surface area contributed by atoms with Crippen LogP contribution in [0.4, 0.5) is 14.5 Å². The first-order valence-corrected chi connectivity index (χ1v) is 6.03. The van der Waals surface area contributed by atoms with E-state index in [-0.39, 0.29) is 6.04 Å². The molecule has 1 atom stereocenters. The molecule has 0 aromatic heterocycles. The van der Waals surface area contributed by atoms with Gasteiger partial charge in [0.2, 0.25) is 0 Å². The van der Waals surface area contributed by atoms with E-state index < -0.39 is 11.6 Å². The molecule has 0 radical (unpaired) electrons. The maximum Gasteiger partial charge on any atom is 0.160 e. The van der Waals surface area contributed by atoms with E-state index in [4.69, 9.17) is 0 Å². The Morgan fingerprint density at radius 1 is 1.00 bits per heavy atom. The predicted octanol–water partition coefficient (Wildman–Crippen LogP) is 4.06. The van der Waals surface area contributed by atoms with Crippen molar-refractivity contribution in [3.8, 4) is 0 Å². The van der Waals surface area contributed by atoms with Gasteiger partial charge in [-0.3, -0.25) is 0 Å². The van der Waals surface area contributed by atoms with Gasteiger partial charge in [0.1, 0.15) is 0 Å². The summed E-state index contributed by atoms with van der Waals surface area (Å²) in [5, 5.41) is 3.26. The van der Waals surface area contributed by atoms with Crippen molar-refractivity contribution < 1.29 is 8.78 Å². The smallest absolute Gasteiger partial charge is 0.160 e. The highest BCUT2D eigenvalue weighted by molar-refractivity contribution is 5.48. The first kappa shape index (κ1) is 11.2. The first-order valence-electron chi connectivity index (χ1n) is 6.03. The zero-order valence-corrected chi connectivity index (χ0v) is 9.79. The summed E-state index contributed by atoms with van der Waals surface area (Å²) in [6.07, 6.45) is 2.01. The maximum atomic E-state index is 13.1. The van der Waals surface area contributed by atoms with E-state index in [9.17, 15) is 8.78 Å². The molecule has 3 rings (SSSR count). The molecule has 0 amide bonds. The van der Waals surface area contributed by atoms with Crippen LogP contribution in [0, 0.1) is 11.6 Å². The standard InChI is InChI=1S/C15H13F2N/c16-13-7-6-11(9-14(13)17)18-15-8-5-10-3-1-2-4-12(10)15/h1-4,6-7,9,15,18H,5,8H2. The Hall–Kier alpha value is -1.90. The van der Waals surface area contributed by atoms with Crippen LogP contribution in [0.5, 0.6) is 0 Å². The second-order valence-electron chi connectivity index (χ2n) is 4.56. The molecule has 0 aliphatic heterocycles. The summed E-state index contributed by atoms with van der Waals surface area (Å²) in [5.41, 5.74) is 3.20. The van der Waals surface area contributed by atoms with Crippen molar-refractivity contribution in [2.45, 2.75) is 18.9 Å². The van der Waals surface area contributed by atoms with Crippen molar-refractivity contribution >= 4 is 5.69 Å². The van der Waals surface area contributed by atoms with E-state index in [0.29, 0.717) is 5.69 Å². The molecule has 1 unspecified atom stereocenters. The van der Waals surface area contributed by atoms with Gasteiger partial charge in [0.05, 0.1) is 6.04 Å². The second kappa shape index (κ2) is 4.41. The highest BCUT2D eigenvalue weighted by Crippen LogP contribution is 2.33. The summed E-state index contributed by atoms with van der Waals surface area (Å²) in [6, 6.07) is 12.3. The average molecular weight is 245 g/mol. The number of aryl methyl sites for hydroxylation is 1. The van der Waals surface area contributed by atoms with Gasteiger partial charge in [-0.15, -0.1) is 0 Å². The molecule has 92 valence electrons. The van der Waals surface area contributed by atoms with Gasteiger partial charge in [-0.25, -0.2) is 8.78 Å². The first-order chi connectivity index (χ1) is 8.74. The Morgan fingerprint density at radius 3 is 2.67 bits per heavy atom. The summed E-state index contributed by atoms with van der Waals surface area (Å²) in [6.45, 7) is 0. The van der Waals surface area contributed by atoms with Crippen molar-refractivity contribution in [2.24, 2.45) is 0 Å². The van der Waals surface area contributed by atoms with Crippen LogP contribution in [0.15, 0.2) is 42.5 Å². The predicted molar refractivity (Wildman–Crippen MR) is 67.5 cm³/mol. The van der Waals surface area contributed by atoms with Crippen LogP contribution in [0.1, 0.15) is 23.6 Å². The van der Waals surface area contributed by atoms with E-state index in [1.807, 2.05) is 12.1 Å². The Balaban J connectivity index is 1.84. The van der Waals surface area contributed by atoms with E-state index in [1.54, 1.807) is 6.07 Å². The molecule has 0 heterocycles. The molecule has 1 aliphatic carbocycles. The highest BCUT2D eigenvalue weighted by Gasteiger charge is 2.21. The molecule has 1 aliphatic rings. The fourth-order valence-corrected chi connectivity index (χ4v) is 2.49. The fourth-order valence-electron chi connectivity index (χ4n) is 2.49. The lowest BCUT2D eigenvalue weighted by Crippen LogP contribution is -2.07. The molecule has 0 bridgehead atoms. The average Bonchev–Trinajstić information content (AvgIpc) is 2.78. The molecule has 0 spiro atoms. The second-order valence-corrected chi connectivity index (χ2v) is 4.56. The van der Waals surface area contributed by atoms with Crippen molar-refractivity contribution in [2.75, 3.05) is 5.32 Å². The van der Waals surface area contributed by atoms with Crippen molar-refractivity contribution in [3.05, 3.63) is 65.2 Å². The molecule has 18 heavy (non-hydrogen) atoms. The quantitative estimate of drug-likeness (QED) is 0.841. The molecule has 0 fully saturated rings. The summed E-state index contributed by atoms with van der Waals surface area (Å²) in [4.78, 5) is 0. The molecule has 2 aromatic carbocycles. The van der Waals surface area contributed by atoms with Gasteiger partial charge in [0.25, 0.3) is 0 Å². The highest BCUT2D eigenvalue weighted by atomic mass is 19.2. The number of anilines is 1. The minimum absolute atomic E-state index is 0.186. The third kappa shape index (κ3) is 1.96. The summed E-state index contributed by atoms with van der Waals surface area (Å²) in [5.74, 6) is -1.63. The summed E-state index contributed by atoms with van der Waals surface area (Å²) < 4.78 is 26.0. The summed E-state index contributed by atoms with van der Waals surface area (Å²) >= 11 is 0. The minimum atomic E-state index is -0.814. The van der Waals surface area contributed by atoms with Gasteiger partial charge in [0.15, 0.2) is 11.6 Å². The van der Waals surface area contributed by atoms with E-state index in [2.05, 4.69) is 17.4 Å². The van der Waals surface area contributed by atoms with Crippen LogP contribution in [-0.4, -0.2) is 0 Å². The van der Waals surface area contributed by atoms with Crippen LogP contribution < -0.4 is 5.32 Å². The van der Waals surface area contributed by atoms with Crippen molar-refractivity contribution in [3.63, 3.8) is 0 Å². The number of nitrogens with one attached hydrogen (secondary N) is 1. The zero-order chi connectivity index (χ0) is 12.5. The molecule has 2 aromatic rings. The number of benzene rings is 2. The van der Waals surface area contributed by atoms with E-state index in [1.165, 1.54) is 17.2 Å². The topological polar surface area (TPSA) is 12.0 Å². The third-order valence-corrected chi connectivity index (χ3v) is 3.39. The van der Waals surface area contributed by atoms with E-state index >= 15 is 0 Å². The molecular formula is C15H13F2N. The van der Waals surface area contributed by atoms with Crippen LogP contribution in [0.2, 0.25) is 0 Å². The van der Waals surface area contributed by atoms with Gasteiger partial charge in [-0.1, -0.05) is 24.3 Å². The maximum absolute atomic E-state index is 13.1. The SMILES string of the molecule is Fc1ccc(NC2CCc3ccccc32)cc1F. The minimum Gasteiger partial charge on any atom is -0.378 e. The number of halogens is 2. The van der Waals surface area contributed by atoms with Crippen LogP contribution >= 0.6 is 0 Å². The largest absolute Gasteiger partial charge is 0.378 e. The molecule has 0 saturated heterocycles. The molecule has 1 N–H and O–H groups in total. The molecule has 1 nitrogen and oxygen atoms in total.